The number of carbonyl (C=O) groups excluding carboxylic acids is 1. The molecule has 0 aliphatic heterocycles. The highest BCUT2D eigenvalue weighted by Gasteiger charge is 2.20. The third-order valence-electron chi connectivity index (χ3n) is 2.41. The van der Waals surface area contributed by atoms with Gasteiger partial charge in [0.2, 0.25) is 0 Å². The first-order valence-corrected chi connectivity index (χ1v) is 5.19. The fourth-order valence-corrected chi connectivity index (χ4v) is 1.63. The fourth-order valence-electron chi connectivity index (χ4n) is 1.63. The van der Waals surface area contributed by atoms with Crippen LogP contribution in [-0.2, 0) is 0 Å². The molecule has 0 aromatic carbocycles. The number of aromatic amines is 1. The van der Waals surface area contributed by atoms with E-state index in [0.29, 0.717) is 23.4 Å². The molecule has 1 amide bonds. The molecule has 0 saturated heterocycles. The molecule has 5 heteroatoms. The predicted octanol–water partition coefficient (Wildman–Crippen LogP) is 1.47. The van der Waals surface area contributed by atoms with Crippen LogP contribution in [0.4, 0.5) is 0 Å². The Morgan fingerprint density at radius 1 is 1.38 bits per heavy atom. The van der Waals surface area contributed by atoms with Gasteiger partial charge in [-0.05, 0) is 25.8 Å². The molecule has 0 aliphatic carbocycles. The summed E-state index contributed by atoms with van der Waals surface area (Å²) in [4.78, 5) is 25.3. The molecule has 1 aromatic rings. The maximum absolute atomic E-state index is 11.8. The van der Waals surface area contributed by atoms with Gasteiger partial charge in [0.15, 0.2) is 0 Å². The number of carboxylic acid groups (broad SMARTS) is 1. The fraction of sp³-hybridized carbons (Fsp3) is 0.455. The van der Waals surface area contributed by atoms with Crippen molar-refractivity contribution in [1.29, 1.82) is 0 Å². The van der Waals surface area contributed by atoms with Crippen molar-refractivity contribution < 1.29 is 14.7 Å². The largest absolute Gasteiger partial charge is 0.477 e. The first-order valence-electron chi connectivity index (χ1n) is 5.19. The molecule has 0 spiro atoms. The summed E-state index contributed by atoms with van der Waals surface area (Å²) in [5.41, 5.74) is 1.59. The quantitative estimate of drug-likeness (QED) is 0.724. The molecule has 0 unspecified atom stereocenters. The van der Waals surface area contributed by atoms with Gasteiger partial charge in [-0.3, -0.25) is 4.79 Å². The van der Waals surface area contributed by atoms with Crippen LogP contribution < -0.4 is 5.32 Å². The van der Waals surface area contributed by atoms with Gasteiger partial charge in [-0.15, -0.1) is 0 Å². The highest BCUT2D eigenvalue weighted by molar-refractivity contribution is 6.00. The van der Waals surface area contributed by atoms with Gasteiger partial charge in [0.05, 0.1) is 5.56 Å². The van der Waals surface area contributed by atoms with E-state index in [-0.39, 0.29) is 11.6 Å². The van der Waals surface area contributed by atoms with Crippen LogP contribution >= 0.6 is 0 Å². The predicted molar refractivity (Wildman–Crippen MR) is 59.9 cm³/mol. The van der Waals surface area contributed by atoms with Crippen molar-refractivity contribution in [2.45, 2.75) is 27.2 Å². The summed E-state index contributed by atoms with van der Waals surface area (Å²) in [5.74, 6) is -1.27. The van der Waals surface area contributed by atoms with Crippen molar-refractivity contribution in [3.63, 3.8) is 0 Å². The van der Waals surface area contributed by atoms with Gasteiger partial charge in [0, 0.05) is 12.2 Å². The maximum Gasteiger partial charge on any atom is 0.352 e. The number of amides is 1. The van der Waals surface area contributed by atoms with Crippen molar-refractivity contribution in [2.24, 2.45) is 0 Å². The summed E-state index contributed by atoms with van der Waals surface area (Å²) >= 11 is 0. The van der Waals surface area contributed by atoms with Gasteiger partial charge in [0.1, 0.15) is 5.69 Å². The molecule has 0 bridgehead atoms. The minimum absolute atomic E-state index is 0.0825. The number of aromatic nitrogens is 1. The number of nitrogens with one attached hydrogen (secondary N) is 2. The molecule has 0 radical (unpaired) electrons. The topological polar surface area (TPSA) is 82.2 Å². The molecule has 3 N–H and O–H groups in total. The number of carboxylic acids is 1. The number of rotatable bonds is 4. The first kappa shape index (κ1) is 12.3. The van der Waals surface area contributed by atoms with E-state index in [2.05, 4.69) is 10.3 Å². The second-order valence-corrected chi connectivity index (χ2v) is 3.69. The highest BCUT2D eigenvalue weighted by atomic mass is 16.4. The first-order chi connectivity index (χ1) is 7.49. The van der Waals surface area contributed by atoms with E-state index in [1.54, 1.807) is 13.8 Å². The summed E-state index contributed by atoms with van der Waals surface area (Å²) in [6, 6.07) is 0. The lowest BCUT2D eigenvalue weighted by atomic mass is 10.1. The third kappa shape index (κ3) is 2.24. The Labute approximate surface area is 93.9 Å². The Morgan fingerprint density at radius 2 is 2.00 bits per heavy atom. The molecule has 88 valence electrons. The van der Waals surface area contributed by atoms with Crippen LogP contribution in [0.5, 0.6) is 0 Å². The molecule has 5 nitrogen and oxygen atoms in total. The molecule has 0 atom stereocenters. The van der Waals surface area contributed by atoms with Gasteiger partial charge in [-0.2, -0.15) is 0 Å². The summed E-state index contributed by atoms with van der Waals surface area (Å²) in [7, 11) is 0. The van der Waals surface area contributed by atoms with Crippen LogP contribution in [0.15, 0.2) is 0 Å². The Kier molecular flexibility index (Phi) is 3.71. The lowest BCUT2D eigenvalue weighted by Crippen LogP contribution is -2.25. The van der Waals surface area contributed by atoms with Crippen molar-refractivity contribution in [1.82, 2.24) is 10.3 Å². The normalized spacial score (nSPS) is 10.2. The second-order valence-electron chi connectivity index (χ2n) is 3.69. The zero-order chi connectivity index (χ0) is 12.3. The summed E-state index contributed by atoms with van der Waals surface area (Å²) in [6.45, 7) is 5.87. The number of hydrogen-bond acceptors (Lipinski definition) is 2. The number of aromatic carboxylic acids is 1. The molecule has 1 rings (SSSR count). The summed E-state index contributed by atoms with van der Waals surface area (Å²) in [6.07, 6.45) is 0.847. The summed E-state index contributed by atoms with van der Waals surface area (Å²) in [5, 5.41) is 11.6. The van der Waals surface area contributed by atoms with Crippen LogP contribution in [0.25, 0.3) is 0 Å². The van der Waals surface area contributed by atoms with Gasteiger partial charge in [-0.1, -0.05) is 6.92 Å². The van der Waals surface area contributed by atoms with Crippen molar-refractivity contribution in [3.8, 4) is 0 Å². The monoisotopic (exact) mass is 224 g/mol. The van der Waals surface area contributed by atoms with E-state index >= 15 is 0 Å². The van der Waals surface area contributed by atoms with Crippen molar-refractivity contribution in [2.75, 3.05) is 6.54 Å². The van der Waals surface area contributed by atoms with Crippen LogP contribution in [-0.4, -0.2) is 28.5 Å². The Bertz CT molecular complexity index is 421. The Morgan fingerprint density at radius 3 is 2.44 bits per heavy atom. The molecule has 0 fully saturated rings. The van der Waals surface area contributed by atoms with Crippen LogP contribution in [0.1, 0.15) is 45.4 Å². The zero-order valence-corrected chi connectivity index (χ0v) is 9.68. The van der Waals surface area contributed by atoms with E-state index in [9.17, 15) is 9.59 Å². The maximum atomic E-state index is 11.8. The van der Waals surface area contributed by atoms with E-state index in [4.69, 9.17) is 5.11 Å². The number of hydrogen-bond donors (Lipinski definition) is 3. The molecule has 1 heterocycles. The van der Waals surface area contributed by atoms with Crippen LogP contribution in [0.2, 0.25) is 0 Å². The average molecular weight is 224 g/mol. The molecular weight excluding hydrogens is 208 g/mol. The smallest absolute Gasteiger partial charge is 0.352 e. The molecule has 1 aromatic heterocycles. The molecule has 0 saturated carbocycles. The minimum atomic E-state index is -1.05. The van der Waals surface area contributed by atoms with Gasteiger partial charge < -0.3 is 15.4 Å². The van der Waals surface area contributed by atoms with E-state index in [1.807, 2.05) is 6.92 Å². The standard InChI is InChI=1S/C11H16N2O3/c1-4-5-12-10(14)8-6(2)9(11(15)16)13-7(8)3/h13H,4-5H2,1-3H3,(H,12,14)(H,15,16). The van der Waals surface area contributed by atoms with E-state index < -0.39 is 5.97 Å². The minimum Gasteiger partial charge on any atom is -0.477 e. The summed E-state index contributed by atoms with van der Waals surface area (Å²) < 4.78 is 0. The Hall–Kier alpha value is -1.78. The average Bonchev–Trinajstić information content (AvgIpc) is 2.51. The zero-order valence-electron chi connectivity index (χ0n) is 9.68. The molecule has 16 heavy (non-hydrogen) atoms. The van der Waals surface area contributed by atoms with Gasteiger partial charge in [-0.25, -0.2) is 4.79 Å². The number of H-pyrrole nitrogens is 1. The van der Waals surface area contributed by atoms with Crippen LogP contribution in [0, 0.1) is 13.8 Å². The van der Waals surface area contributed by atoms with Crippen LogP contribution in [0.3, 0.4) is 0 Å². The van der Waals surface area contributed by atoms with Crippen molar-refractivity contribution >= 4 is 11.9 Å². The lowest BCUT2D eigenvalue weighted by molar-refractivity contribution is 0.0690. The lowest BCUT2D eigenvalue weighted by Gasteiger charge is -2.03. The third-order valence-corrected chi connectivity index (χ3v) is 2.41. The molecular formula is C11H16N2O3. The van der Waals surface area contributed by atoms with E-state index in [1.165, 1.54) is 0 Å². The number of aryl methyl sites for hydroxylation is 1. The number of carbonyl (C=O) groups is 2. The molecule has 0 aliphatic rings. The Balaban J connectivity index is 3.04. The highest BCUT2D eigenvalue weighted by Crippen LogP contribution is 2.17. The van der Waals surface area contributed by atoms with Crippen molar-refractivity contribution in [3.05, 3.63) is 22.5 Å². The van der Waals surface area contributed by atoms with E-state index in [0.717, 1.165) is 6.42 Å². The van der Waals surface area contributed by atoms with Gasteiger partial charge >= 0.3 is 5.97 Å². The SMILES string of the molecule is CCCNC(=O)c1c(C)[nH]c(C(=O)O)c1C. The second kappa shape index (κ2) is 4.83. The van der Waals surface area contributed by atoms with Gasteiger partial charge in [0.25, 0.3) is 5.91 Å².